The first kappa shape index (κ1) is 15.3. The fourth-order valence-corrected chi connectivity index (χ4v) is 2.54. The highest BCUT2D eigenvalue weighted by atomic mass is 35.5. The lowest BCUT2D eigenvalue weighted by Crippen LogP contribution is -2.39. The summed E-state index contributed by atoms with van der Waals surface area (Å²) >= 11 is 5.66. The summed E-state index contributed by atoms with van der Waals surface area (Å²) in [5.74, 6) is -0.171. The molecule has 5 heteroatoms. The summed E-state index contributed by atoms with van der Waals surface area (Å²) in [5, 5.41) is 3.05. The van der Waals surface area contributed by atoms with Gasteiger partial charge in [-0.05, 0) is 50.0 Å². The monoisotopic (exact) mass is 298 g/mol. The summed E-state index contributed by atoms with van der Waals surface area (Å²) in [6, 6.07) is 4.09. The summed E-state index contributed by atoms with van der Waals surface area (Å²) in [4.78, 5) is 14.2. The second-order valence-corrected chi connectivity index (χ2v) is 5.84. The first-order chi connectivity index (χ1) is 9.56. The van der Waals surface area contributed by atoms with E-state index in [-0.39, 0.29) is 11.5 Å². The molecule has 20 heavy (non-hydrogen) atoms. The third-order valence-electron chi connectivity index (χ3n) is 3.77. The lowest BCUT2D eigenvalue weighted by Gasteiger charge is -2.30. The van der Waals surface area contributed by atoms with E-state index in [1.54, 1.807) is 0 Å². The Balaban J connectivity index is 1.77. The zero-order valence-corrected chi connectivity index (χ0v) is 12.4. The van der Waals surface area contributed by atoms with Gasteiger partial charge in [0.25, 0.3) is 5.91 Å². The summed E-state index contributed by atoms with van der Waals surface area (Å²) < 4.78 is 13.6. The van der Waals surface area contributed by atoms with Crippen molar-refractivity contribution in [1.82, 2.24) is 10.2 Å². The molecule has 0 atom stereocenters. The minimum atomic E-state index is -0.582. The summed E-state index contributed by atoms with van der Waals surface area (Å²) in [6.45, 7) is 5.77. The van der Waals surface area contributed by atoms with Crippen LogP contribution in [0.5, 0.6) is 0 Å². The van der Waals surface area contributed by atoms with E-state index >= 15 is 0 Å². The Hall–Kier alpha value is -1.13. The number of benzene rings is 1. The van der Waals surface area contributed by atoms with Gasteiger partial charge in [0.2, 0.25) is 0 Å². The predicted molar refractivity (Wildman–Crippen MR) is 78.6 cm³/mol. The minimum absolute atomic E-state index is 0.0432. The first-order valence-electron chi connectivity index (χ1n) is 7.02. The highest BCUT2D eigenvalue weighted by Crippen LogP contribution is 2.16. The molecule has 1 N–H and O–H groups in total. The second-order valence-electron chi connectivity index (χ2n) is 5.40. The number of carbonyl (C=O) groups is 1. The molecule has 1 aliphatic rings. The van der Waals surface area contributed by atoms with Gasteiger partial charge in [-0.1, -0.05) is 18.5 Å². The molecular weight excluding hydrogens is 279 g/mol. The van der Waals surface area contributed by atoms with Crippen LogP contribution in [0.1, 0.15) is 30.1 Å². The highest BCUT2D eigenvalue weighted by molar-refractivity contribution is 6.30. The Morgan fingerprint density at radius 2 is 2.15 bits per heavy atom. The molecule has 0 aliphatic carbocycles. The van der Waals surface area contributed by atoms with Crippen molar-refractivity contribution in [2.24, 2.45) is 5.92 Å². The second kappa shape index (κ2) is 7.04. The number of amides is 1. The van der Waals surface area contributed by atoms with Gasteiger partial charge in [0.15, 0.2) is 0 Å². The maximum Gasteiger partial charge on any atom is 0.254 e. The van der Waals surface area contributed by atoms with Crippen LogP contribution in [0, 0.1) is 11.7 Å². The van der Waals surface area contributed by atoms with Gasteiger partial charge in [0.1, 0.15) is 5.82 Å². The van der Waals surface area contributed by atoms with Crippen LogP contribution in [-0.2, 0) is 0 Å². The maximum absolute atomic E-state index is 13.6. The quantitative estimate of drug-likeness (QED) is 0.927. The number of likely N-dealkylation sites (tertiary alicyclic amines) is 1. The molecule has 0 radical (unpaired) electrons. The number of piperidine rings is 1. The van der Waals surface area contributed by atoms with E-state index < -0.39 is 5.82 Å². The van der Waals surface area contributed by atoms with Gasteiger partial charge < -0.3 is 10.2 Å². The van der Waals surface area contributed by atoms with E-state index in [1.807, 2.05) is 0 Å². The summed E-state index contributed by atoms with van der Waals surface area (Å²) in [6.07, 6.45) is 2.42. The predicted octanol–water partition coefficient (Wildman–Crippen LogP) is 2.94. The van der Waals surface area contributed by atoms with Gasteiger partial charge in [-0.3, -0.25) is 4.79 Å². The van der Waals surface area contributed by atoms with Crippen molar-refractivity contribution >= 4 is 17.5 Å². The molecule has 110 valence electrons. The molecule has 2 rings (SSSR count). The van der Waals surface area contributed by atoms with E-state index in [1.165, 1.54) is 25.0 Å². The molecule has 1 fully saturated rings. The topological polar surface area (TPSA) is 32.3 Å². The van der Waals surface area contributed by atoms with Crippen molar-refractivity contribution in [3.8, 4) is 0 Å². The molecule has 1 heterocycles. The van der Waals surface area contributed by atoms with Crippen LogP contribution in [0.4, 0.5) is 4.39 Å². The molecule has 1 aliphatic heterocycles. The molecule has 1 saturated heterocycles. The van der Waals surface area contributed by atoms with Crippen molar-refractivity contribution in [2.75, 3.05) is 26.2 Å². The van der Waals surface area contributed by atoms with Crippen LogP contribution in [0.2, 0.25) is 5.02 Å². The highest BCUT2D eigenvalue weighted by Gasteiger charge is 2.16. The third kappa shape index (κ3) is 4.18. The fourth-order valence-electron chi connectivity index (χ4n) is 2.38. The lowest BCUT2D eigenvalue weighted by molar-refractivity contribution is 0.0940. The van der Waals surface area contributed by atoms with Crippen molar-refractivity contribution < 1.29 is 9.18 Å². The minimum Gasteiger partial charge on any atom is -0.351 e. The van der Waals surface area contributed by atoms with Gasteiger partial charge in [0.05, 0.1) is 5.56 Å². The average Bonchev–Trinajstić information content (AvgIpc) is 2.41. The first-order valence-corrected chi connectivity index (χ1v) is 7.39. The molecular formula is C15H20ClFN2O. The van der Waals surface area contributed by atoms with Crippen molar-refractivity contribution in [3.05, 3.63) is 34.6 Å². The largest absolute Gasteiger partial charge is 0.351 e. The molecule has 0 unspecified atom stereocenters. The Morgan fingerprint density at radius 1 is 1.45 bits per heavy atom. The van der Waals surface area contributed by atoms with Crippen molar-refractivity contribution in [1.29, 1.82) is 0 Å². The van der Waals surface area contributed by atoms with Gasteiger partial charge in [0, 0.05) is 18.1 Å². The van der Waals surface area contributed by atoms with E-state index in [0.717, 1.165) is 31.6 Å². The maximum atomic E-state index is 13.6. The van der Waals surface area contributed by atoms with Gasteiger partial charge in [-0.25, -0.2) is 4.39 Å². The number of hydrogen-bond donors (Lipinski definition) is 1. The molecule has 1 aromatic carbocycles. The smallest absolute Gasteiger partial charge is 0.254 e. The normalized spacial score (nSPS) is 17.1. The number of rotatable bonds is 4. The Kier molecular flexibility index (Phi) is 5.38. The number of nitrogens with one attached hydrogen (secondary N) is 1. The number of carbonyl (C=O) groups excluding carboxylic acids is 1. The van der Waals surface area contributed by atoms with E-state index in [4.69, 9.17) is 11.6 Å². The van der Waals surface area contributed by atoms with E-state index in [2.05, 4.69) is 17.1 Å². The Bertz CT molecular complexity index is 473. The lowest BCUT2D eigenvalue weighted by atomic mass is 9.99. The standard InChI is InChI=1S/C15H20ClFN2O/c1-11-4-7-19(8-5-11)9-6-18-15(20)13-3-2-12(16)10-14(13)17/h2-3,10-11H,4-9H2,1H3,(H,18,20). The SMILES string of the molecule is CC1CCN(CCNC(=O)c2ccc(Cl)cc2F)CC1. The van der Waals surface area contributed by atoms with Crippen molar-refractivity contribution in [2.45, 2.75) is 19.8 Å². The van der Waals surface area contributed by atoms with Crippen molar-refractivity contribution in [3.63, 3.8) is 0 Å². The molecule has 1 aromatic rings. The number of hydrogen-bond acceptors (Lipinski definition) is 2. The van der Waals surface area contributed by atoms with Crippen LogP contribution in [-0.4, -0.2) is 37.0 Å². The van der Waals surface area contributed by atoms with Crippen LogP contribution in [0.25, 0.3) is 0 Å². The van der Waals surface area contributed by atoms with Gasteiger partial charge in [-0.2, -0.15) is 0 Å². The summed E-state index contributed by atoms with van der Waals surface area (Å²) in [5.41, 5.74) is 0.0432. The van der Waals surface area contributed by atoms with E-state index in [0.29, 0.717) is 11.6 Å². The fraction of sp³-hybridized carbons (Fsp3) is 0.533. The van der Waals surface area contributed by atoms with Crippen LogP contribution >= 0.6 is 11.6 Å². The Labute approximate surface area is 124 Å². The molecule has 0 bridgehead atoms. The third-order valence-corrected chi connectivity index (χ3v) is 4.00. The molecule has 3 nitrogen and oxygen atoms in total. The summed E-state index contributed by atoms with van der Waals surface area (Å²) in [7, 11) is 0. The zero-order chi connectivity index (χ0) is 14.5. The Morgan fingerprint density at radius 3 is 2.80 bits per heavy atom. The number of halogens is 2. The van der Waals surface area contributed by atoms with Gasteiger partial charge in [-0.15, -0.1) is 0 Å². The number of nitrogens with zero attached hydrogens (tertiary/aromatic N) is 1. The zero-order valence-electron chi connectivity index (χ0n) is 11.7. The van der Waals surface area contributed by atoms with Gasteiger partial charge >= 0.3 is 0 Å². The van der Waals surface area contributed by atoms with E-state index in [9.17, 15) is 9.18 Å². The van der Waals surface area contributed by atoms with Crippen LogP contribution < -0.4 is 5.32 Å². The van der Waals surface area contributed by atoms with Crippen LogP contribution in [0.15, 0.2) is 18.2 Å². The molecule has 0 aromatic heterocycles. The molecule has 1 amide bonds. The average molecular weight is 299 g/mol. The molecule has 0 saturated carbocycles. The molecule has 0 spiro atoms. The van der Waals surface area contributed by atoms with Crippen LogP contribution in [0.3, 0.4) is 0 Å².